The summed E-state index contributed by atoms with van der Waals surface area (Å²) in [6.45, 7) is 5.61. The summed E-state index contributed by atoms with van der Waals surface area (Å²) in [4.78, 5) is 49.7. The molecule has 0 aromatic rings. The Morgan fingerprint density at radius 3 is 0.962 bits per heavy atom. The fraction of sp³-hybridized carbons (Fsp3) is 0.864. The van der Waals surface area contributed by atoms with Crippen LogP contribution in [0, 0.1) is 0 Å². The van der Waals surface area contributed by atoms with Crippen molar-refractivity contribution in [2.75, 3.05) is 26.2 Å². The van der Waals surface area contributed by atoms with Gasteiger partial charge in [-0.2, -0.15) is 0 Å². The molecule has 8 heteroatoms. The van der Waals surface area contributed by atoms with Gasteiger partial charge in [-0.05, 0) is 12.8 Å². The molecule has 0 radical (unpaired) electrons. The Morgan fingerprint density at radius 1 is 0.423 bits per heavy atom. The maximum atomic E-state index is 12.6. The molecule has 8 nitrogen and oxygen atoms in total. The van der Waals surface area contributed by atoms with Gasteiger partial charge in [-0.1, -0.05) is 194 Å². The van der Waals surface area contributed by atoms with Crippen LogP contribution in [-0.4, -0.2) is 59.9 Å². The third-order valence-corrected chi connectivity index (χ3v) is 10.1. The average molecular weight is 734 g/mol. The number of nitrogens with one attached hydrogen (secondary N) is 2. The molecule has 0 spiro atoms. The molecular weight excluding hydrogens is 651 g/mol. The van der Waals surface area contributed by atoms with Crippen LogP contribution in [0.1, 0.15) is 219 Å². The Balaban J connectivity index is 3.95. The number of hydrogen-bond donors (Lipinski definition) is 3. The molecule has 0 aromatic carbocycles. The molecule has 0 rings (SSSR count). The Hall–Kier alpha value is -2.38. The van der Waals surface area contributed by atoms with Crippen LogP contribution in [0.25, 0.3) is 0 Å². The van der Waals surface area contributed by atoms with Crippen molar-refractivity contribution >= 4 is 23.7 Å². The van der Waals surface area contributed by atoms with E-state index in [1.807, 2.05) is 0 Å². The second-order valence-electron chi connectivity index (χ2n) is 15.1. The SMILES string of the molecule is CCCCCCCCCCCCCCCCCC(=O)NCCN(CCNC(=O)CCCCCCCCCCCCCCCCC)C(=O)/C=C\C(=O)O. The average Bonchev–Trinajstić information content (AvgIpc) is 3.13. The zero-order chi connectivity index (χ0) is 38.2. The molecule has 0 saturated heterocycles. The van der Waals surface area contributed by atoms with Crippen LogP contribution in [0.4, 0.5) is 0 Å². The third-order valence-electron chi connectivity index (χ3n) is 10.1. The molecule has 0 heterocycles. The lowest BCUT2D eigenvalue weighted by Crippen LogP contribution is -2.42. The standard InChI is InChI=1S/C44H83N3O5/c1-3-5-7-9-11-13-15-17-19-21-23-25-27-29-31-33-41(48)45-37-39-47(43(50)35-36-44(51)52)40-38-46-42(49)34-32-30-28-26-24-22-20-18-16-14-12-10-8-6-4-2/h35-36H,3-34,37-40H2,1-2H3,(H,45,48)(H,46,49)(H,51,52)/b36-35-. The van der Waals surface area contributed by atoms with Gasteiger partial charge in [-0.15, -0.1) is 0 Å². The summed E-state index contributed by atoms with van der Waals surface area (Å²) < 4.78 is 0. The number of aliphatic carboxylic acids is 1. The molecule has 0 aliphatic heterocycles. The van der Waals surface area contributed by atoms with Crippen LogP contribution in [-0.2, 0) is 19.2 Å². The quantitative estimate of drug-likeness (QED) is 0.0428. The summed E-state index contributed by atoms with van der Waals surface area (Å²) in [5, 5.41) is 14.7. The number of hydrogen-bond acceptors (Lipinski definition) is 4. The molecule has 0 fully saturated rings. The number of carbonyl (C=O) groups is 4. The molecule has 0 atom stereocenters. The highest BCUT2D eigenvalue weighted by atomic mass is 16.4. The number of carbonyl (C=O) groups excluding carboxylic acids is 3. The van der Waals surface area contributed by atoms with Crippen LogP contribution in [0.5, 0.6) is 0 Å². The minimum absolute atomic E-state index is 0.0278. The first-order valence-corrected chi connectivity index (χ1v) is 22.1. The van der Waals surface area contributed by atoms with Gasteiger partial charge >= 0.3 is 5.97 Å². The summed E-state index contributed by atoms with van der Waals surface area (Å²) in [7, 11) is 0. The zero-order valence-electron chi connectivity index (χ0n) is 34.1. The Kier molecular flexibility index (Phi) is 38.0. The van der Waals surface area contributed by atoms with Gasteiger partial charge < -0.3 is 20.6 Å². The zero-order valence-corrected chi connectivity index (χ0v) is 34.1. The fourth-order valence-electron chi connectivity index (χ4n) is 6.73. The van der Waals surface area contributed by atoms with Crippen molar-refractivity contribution in [3.63, 3.8) is 0 Å². The van der Waals surface area contributed by atoms with Crippen molar-refractivity contribution in [2.45, 2.75) is 219 Å². The van der Waals surface area contributed by atoms with Crippen molar-refractivity contribution in [3.8, 4) is 0 Å². The van der Waals surface area contributed by atoms with Crippen molar-refractivity contribution in [3.05, 3.63) is 12.2 Å². The highest BCUT2D eigenvalue weighted by molar-refractivity contribution is 5.94. The highest BCUT2D eigenvalue weighted by Gasteiger charge is 2.12. The molecule has 0 unspecified atom stereocenters. The molecule has 3 amide bonds. The second-order valence-corrected chi connectivity index (χ2v) is 15.1. The van der Waals surface area contributed by atoms with Gasteiger partial charge in [0.25, 0.3) is 0 Å². The lowest BCUT2D eigenvalue weighted by Gasteiger charge is -2.21. The van der Waals surface area contributed by atoms with Crippen molar-refractivity contribution in [1.82, 2.24) is 15.5 Å². The minimum atomic E-state index is -1.19. The van der Waals surface area contributed by atoms with Gasteiger partial charge in [-0.3, -0.25) is 14.4 Å². The summed E-state index contributed by atoms with van der Waals surface area (Å²) in [5.74, 6) is -1.70. The molecule has 52 heavy (non-hydrogen) atoms. The number of carboxylic acid groups (broad SMARTS) is 1. The van der Waals surface area contributed by atoms with Gasteiger partial charge in [0.05, 0.1) is 0 Å². The summed E-state index contributed by atoms with van der Waals surface area (Å²) in [6.07, 6.45) is 41.3. The maximum absolute atomic E-state index is 12.6. The van der Waals surface area contributed by atoms with E-state index in [1.54, 1.807) is 0 Å². The molecule has 0 aliphatic carbocycles. The minimum Gasteiger partial charge on any atom is -0.478 e. The van der Waals surface area contributed by atoms with E-state index in [0.29, 0.717) is 12.8 Å². The number of nitrogens with zero attached hydrogens (tertiary/aromatic N) is 1. The largest absolute Gasteiger partial charge is 0.478 e. The number of carboxylic acids is 1. The topological polar surface area (TPSA) is 116 Å². The van der Waals surface area contributed by atoms with E-state index in [9.17, 15) is 19.2 Å². The Bertz CT molecular complexity index is 826. The van der Waals surface area contributed by atoms with E-state index in [2.05, 4.69) is 24.5 Å². The van der Waals surface area contributed by atoms with Crippen LogP contribution < -0.4 is 10.6 Å². The molecule has 0 saturated carbocycles. The van der Waals surface area contributed by atoms with Crippen LogP contribution >= 0.6 is 0 Å². The van der Waals surface area contributed by atoms with E-state index in [-0.39, 0.29) is 38.0 Å². The van der Waals surface area contributed by atoms with Gasteiger partial charge in [0.1, 0.15) is 0 Å². The predicted octanol–water partition coefficient (Wildman–Crippen LogP) is 11.2. The fourth-order valence-corrected chi connectivity index (χ4v) is 6.73. The molecule has 0 aromatic heterocycles. The van der Waals surface area contributed by atoms with Gasteiger partial charge in [-0.25, -0.2) is 4.79 Å². The predicted molar refractivity (Wildman–Crippen MR) is 218 cm³/mol. The van der Waals surface area contributed by atoms with Crippen molar-refractivity contribution in [2.24, 2.45) is 0 Å². The molecule has 3 N–H and O–H groups in total. The summed E-state index contributed by atoms with van der Waals surface area (Å²) >= 11 is 0. The first kappa shape index (κ1) is 49.6. The second kappa shape index (κ2) is 39.8. The van der Waals surface area contributed by atoms with E-state index < -0.39 is 11.9 Å². The summed E-state index contributed by atoms with van der Waals surface area (Å²) in [5.41, 5.74) is 0. The number of unbranched alkanes of at least 4 members (excludes halogenated alkanes) is 28. The number of rotatable bonds is 40. The van der Waals surface area contributed by atoms with Crippen LogP contribution in [0.15, 0.2) is 12.2 Å². The van der Waals surface area contributed by atoms with E-state index in [0.717, 1.165) is 50.7 Å². The molecule has 304 valence electrons. The Labute approximate surface area is 320 Å². The maximum Gasteiger partial charge on any atom is 0.328 e. The van der Waals surface area contributed by atoms with E-state index in [4.69, 9.17) is 5.11 Å². The highest BCUT2D eigenvalue weighted by Crippen LogP contribution is 2.15. The molecule has 0 aliphatic rings. The monoisotopic (exact) mass is 734 g/mol. The first-order valence-electron chi connectivity index (χ1n) is 22.1. The van der Waals surface area contributed by atoms with Gasteiger partial charge in [0.15, 0.2) is 0 Å². The first-order chi connectivity index (χ1) is 25.4. The van der Waals surface area contributed by atoms with E-state index >= 15 is 0 Å². The third kappa shape index (κ3) is 37.4. The van der Waals surface area contributed by atoms with Crippen molar-refractivity contribution in [1.29, 1.82) is 0 Å². The normalized spacial score (nSPS) is 11.3. The summed E-state index contributed by atoms with van der Waals surface area (Å²) in [6, 6.07) is 0. The van der Waals surface area contributed by atoms with Crippen LogP contribution in [0.2, 0.25) is 0 Å². The number of amides is 3. The smallest absolute Gasteiger partial charge is 0.328 e. The lowest BCUT2D eigenvalue weighted by atomic mass is 10.0. The van der Waals surface area contributed by atoms with E-state index in [1.165, 1.54) is 159 Å². The van der Waals surface area contributed by atoms with Crippen molar-refractivity contribution < 1.29 is 24.3 Å². The lowest BCUT2D eigenvalue weighted by molar-refractivity contribution is -0.132. The Morgan fingerprint density at radius 2 is 0.692 bits per heavy atom. The molecular formula is C44H83N3O5. The van der Waals surface area contributed by atoms with Gasteiger partial charge in [0.2, 0.25) is 17.7 Å². The molecule has 0 bridgehead atoms. The van der Waals surface area contributed by atoms with Gasteiger partial charge in [0, 0.05) is 51.2 Å². The van der Waals surface area contributed by atoms with Crippen LogP contribution in [0.3, 0.4) is 0 Å².